The summed E-state index contributed by atoms with van der Waals surface area (Å²) in [5.41, 5.74) is 4.75. The molecular formula is C11H11F2N5O. The molecular weight excluding hydrogens is 256 g/mol. The maximum absolute atomic E-state index is 13.5. The molecule has 2 rings (SSSR count). The van der Waals surface area contributed by atoms with E-state index in [2.05, 4.69) is 15.2 Å². The van der Waals surface area contributed by atoms with Gasteiger partial charge in [-0.25, -0.2) is 13.8 Å². The Morgan fingerprint density at radius 2 is 2.16 bits per heavy atom. The fourth-order valence-electron chi connectivity index (χ4n) is 1.54. The Labute approximate surface area is 107 Å². The number of halogens is 2. The Kier molecular flexibility index (Phi) is 3.41. The Balaban J connectivity index is 2.21. The highest BCUT2D eigenvalue weighted by molar-refractivity contribution is 5.95. The third kappa shape index (κ3) is 2.67. The molecule has 2 aromatic rings. The normalized spacial score (nSPS) is 10.5. The number of aromatic amines is 1. The average molecular weight is 267 g/mol. The summed E-state index contributed by atoms with van der Waals surface area (Å²) in [7, 11) is 1.46. The lowest BCUT2D eigenvalue weighted by Crippen LogP contribution is -2.27. The molecule has 0 bridgehead atoms. The van der Waals surface area contributed by atoms with Gasteiger partial charge in [0.05, 0.1) is 17.8 Å². The molecule has 1 aromatic carbocycles. The topological polar surface area (TPSA) is 87.9 Å². The molecule has 1 heterocycles. The second-order valence-corrected chi connectivity index (χ2v) is 3.95. The molecule has 0 spiro atoms. The molecule has 0 fully saturated rings. The van der Waals surface area contributed by atoms with E-state index in [4.69, 9.17) is 5.73 Å². The number of nitrogens with one attached hydrogen (secondary N) is 1. The quantitative estimate of drug-likeness (QED) is 0.810. The Hall–Kier alpha value is -2.51. The van der Waals surface area contributed by atoms with Gasteiger partial charge in [0.15, 0.2) is 0 Å². The number of anilines is 1. The van der Waals surface area contributed by atoms with Gasteiger partial charge in [-0.05, 0) is 6.07 Å². The van der Waals surface area contributed by atoms with E-state index in [1.165, 1.54) is 18.3 Å². The van der Waals surface area contributed by atoms with Crippen molar-refractivity contribution in [2.45, 2.75) is 6.54 Å². The molecule has 0 radical (unpaired) electrons. The summed E-state index contributed by atoms with van der Waals surface area (Å²) >= 11 is 0. The van der Waals surface area contributed by atoms with E-state index in [1.54, 1.807) is 0 Å². The van der Waals surface area contributed by atoms with Gasteiger partial charge in [-0.2, -0.15) is 5.10 Å². The minimum atomic E-state index is -0.957. The predicted octanol–water partition coefficient (Wildman–Crippen LogP) is 0.937. The number of benzene rings is 1. The lowest BCUT2D eigenvalue weighted by molar-refractivity contribution is 0.0777. The van der Waals surface area contributed by atoms with Crippen LogP contribution in [0.1, 0.15) is 16.2 Å². The van der Waals surface area contributed by atoms with Gasteiger partial charge in [-0.15, -0.1) is 0 Å². The summed E-state index contributed by atoms with van der Waals surface area (Å²) in [6.45, 7) is 0.121. The van der Waals surface area contributed by atoms with Crippen LogP contribution in [-0.4, -0.2) is 33.0 Å². The standard InChI is InChI=1S/C11H11F2N5O/c1-18(4-10-15-5-16-17-10)11(19)6-2-9(14)8(13)3-7(6)12/h2-3,5H,4,14H2,1H3,(H,15,16,17). The minimum Gasteiger partial charge on any atom is -0.396 e. The maximum Gasteiger partial charge on any atom is 0.257 e. The average Bonchev–Trinajstić information content (AvgIpc) is 2.85. The first-order valence-electron chi connectivity index (χ1n) is 5.33. The zero-order valence-corrected chi connectivity index (χ0v) is 10.0. The zero-order valence-electron chi connectivity index (χ0n) is 10.0. The van der Waals surface area contributed by atoms with E-state index in [1.807, 2.05) is 0 Å². The number of nitrogens with two attached hydrogens (primary N) is 1. The molecule has 0 unspecified atom stereocenters. The first-order valence-corrected chi connectivity index (χ1v) is 5.33. The van der Waals surface area contributed by atoms with Crippen LogP contribution in [0.5, 0.6) is 0 Å². The van der Waals surface area contributed by atoms with Crippen LogP contribution < -0.4 is 5.73 Å². The number of amides is 1. The molecule has 0 aliphatic heterocycles. The third-order valence-electron chi connectivity index (χ3n) is 2.52. The van der Waals surface area contributed by atoms with E-state index in [9.17, 15) is 13.6 Å². The summed E-state index contributed by atoms with van der Waals surface area (Å²) in [5, 5.41) is 6.21. The van der Waals surface area contributed by atoms with Gasteiger partial charge in [-0.3, -0.25) is 9.89 Å². The maximum atomic E-state index is 13.5. The molecule has 8 heteroatoms. The molecule has 6 nitrogen and oxygen atoms in total. The van der Waals surface area contributed by atoms with Crippen LogP contribution in [0.25, 0.3) is 0 Å². The van der Waals surface area contributed by atoms with Crippen molar-refractivity contribution in [1.29, 1.82) is 0 Å². The molecule has 19 heavy (non-hydrogen) atoms. The fourth-order valence-corrected chi connectivity index (χ4v) is 1.54. The van der Waals surface area contributed by atoms with Crippen molar-refractivity contribution in [3.63, 3.8) is 0 Å². The molecule has 1 amide bonds. The molecule has 0 atom stereocenters. The molecule has 0 aliphatic rings. The third-order valence-corrected chi connectivity index (χ3v) is 2.52. The number of aromatic nitrogens is 3. The van der Waals surface area contributed by atoms with Crippen LogP contribution in [0.15, 0.2) is 18.5 Å². The molecule has 0 saturated carbocycles. The first-order chi connectivity index (χ1) is 8.99. The van der Waals surface area contributed by atoms with Crippen molar-refractivity contribution < 1.29 is 13.6 Å². The van der Waals surface area contributed by atoms with Gasteiger partial charge >= 0.3 is 0 Å². The van der Waals surface area contributed by atoms with Crippen molar-refractivity contribution >= 4 is 11.6 Å². The number of rotatable bonds is 3. The number of hydrogen-bond donors (Lipinski definition) is 2. The predicted molar refractivity (Wildman–Crippen MR) is 63.0 cm³/mol. The molecule has 1 aromatic heterocycles. The summed E-state index contributed by atoms with van der Waals surface area (Å²) in [6, 6.07) is 1.56. The SMILES string of the molecule is CN(Cc1ncn[nH]1)C(=O)c1cc(N)c(F)cc1F. The number of hydrogen-bond acceptors (Lipinski definition) is 4. The van der Waals surface area contributed by atoms with E-state index in [0.29, 0.717) is 11.9 Å². The monoisotopic (exact) mass is 267 g/mol. The fraction of sp³-hybridized carbons (Fsp3) is 0.182. The van der Waals surface area contributed by atoms with E-state index in [0.717, 1.165) is 6.07 Å². The second-order valence-electron chi connectivity index (χ2n) is 3.95. The summed E-state index contributed by atoms with van der Waals surface area (Å²) in [4.78, 5) is 17.1. The van der Waals surface area contributed by atoms with Crippen molar-refractivity contribution in [1.82, 2.24) is 20.1 Å². The van der Waals surface area contributed by atoms with Gasteiger partial charge in [0.1, 0.15) is 23.8 Å². The Morgan fingerprint density at radius 1 is 1.42 bits per heavy atom. The number of carbonyl (C=O) groups excluding carboxylic acids is 1. The zero-order chi connectivity index (χ0) is 14.0. The van der Waals surface area contributed by atoms with Crippen LogP contribution in [0.2, 0.25) is 0 Å². The summed E-state index contributed by atoms with van der Waals surface area (Å²) < 4.78 is 26.6. The number of nitrogens with zero attached hydrogens (tertiary/aromatic N) is 3. The Bertz CT molecular complexity index is 599. The number of H-pyrrole nitrogens is 1. The lowest BCUT2D eigenvalue weighted by atomic mass is 10.1. The Morgan fingerprint density at radius 3 is 2.79 bits per heavy atom. The van der Waals surface area contributed by atoms with Crippen molar-refractivity contribution in [3.8, 4) is 0 Å². The van der Waals surface area contributed by atoms with E-state index < -0.39 is 17.5 Å². The van der Waals surface area contributed by atoms with Gasteiger partial charge in [0.2, 0.25) is 0 Å². The first kappa shape index (κ1) is 12.9. The van der Waals surface area contributed by atoms with Crippen molar-refractivity contribution in [3.05, 3.63) is 41.5 Å². The second kappa shape index (κ2) is 5.01. The molecule has 0 aliphatic carbocycles. The summed E-state index contributed by atoms with van der Waals surface area (Å²) in [5.74, 6) is -2.03. The largest absolute Gasteiger partial charge is 0.396 e. The molecule has 100 valence electrons. The van der Waals surface area contributed by atoms with Crippen LogP contribution in [0.3, 0.4) is 0 Å². The molecule has 0 saturated heterocycles. The smallest absolute Gasteiger partial charge is 0.257 e. The minimum absolute atomic E-state index is 0.121. The van der Waals surface area contributed by atoms with Crippen LogP contribution in [0, 0.1) is 11.6 Å². The molecule has 3 N–H and O–H groups in total. The number of carbonyl (C=O) groups is 1. The van der Waals surface area contributed by atoms with E-state index >= 15 is 0 Å². The lowest BCUT2D eigenvalue weighted by Gasteiger charge is -2.16. The van der Waals surface area contributed by atoms with E-state index in [-0.39, 0.29) is 17.8 Å². The van der Waals surface area contributed by atoms with Crippen molar-refractivity contribution in [2.24, 2.45) is 0 Å². The van der Waals surface area contributed by atoms with Gasteiger partial charge in [0.25, 0.3) is 5.91 Å². The number of nitrogen functional groups attached to an aromatic ring is 1. The van der Waals surface area contributed by atoms with Crippen molar-refractivity contribution in [2.75, 3.05) is 12.8 Å². The van der Waals surface area contributed by atoms with Crippen LogP contribution in [0.4, 0.5) is 14.5 Å². The van der Waals surface area contributed by atoms with Gasteiger partial charge in [-0.1, -0.05) is 0 Å². The van der Waals surface area contributed by atoms with Gasteiger partial charge < -0.3 is 10.6 Å². The van der Waals surface area contributed by atoms with Gasteiger partial charge in [0, 0.05) is 13.1 Å². The highest BCUT2D eigenvalue weighted by Gasteiger charge is 2.19. The highest BCUT2D eigenvalue weighted by Crippen LogP contribution is 2.18. The van der Waals surface area contributed by atoms with Crippen LogP contribution >= 0.6 is 0 Å². The highest BCUT2D eigenvalue weighted by atomic mass is 19.1. The summed E-state index contributed by atoms with van der Waals surface area (Å²) in [6.07, 6.45) is 1.30. The van der Waals surface area contributed by atoms with Crippen LogP contribution in [-0.2, 0) is 6.54 Å².